The van der Waals surface area contributed by atoms with Crippen molar-refractivity contribution in [3.05, 3.63) is 0 Å². The van der Waals surface area contributed by atoms with E-state index in [0.717, 1.165) is 19.3 Å². The van der Waals surface area contributed by atoms with Gasteiger partial charge in [0.05, 0.1) is 0 Å². The quantitative estimate of drug-likeness (QED) is 0.438. The third kappa shape index (κ3) is 6.35. The topological polar surface area (TPSA) is 20.2 Å². The summed E-state index contributed by atoms with van der Waals surface area (Å²) in [6.07, 6.45) is 5.49. The van der Waals surface area contributed by atoms with Gasteiger partial charge in [-0.15, -0.1) is 11.5 Å². The number of unbranched alkanes of at least 4 members (excludes halogenated alkanes) is 4. The molecule has 0 aliphatic rings. The summed E-state index contributed by atoms with van der Waals surface area (Å²) in [5, 5.41) is 9.01. The zero-order valence-electron chi connectivity index (χ0n) is 11.7. The third-order valence-corrected chi connectivity index (χ3v) is 8.04. The first-order valence-corrected chi connectivity index (χ1v) is 9.42. The van der Waals surface area contributed by atoms with E-state index in [1.54, 1.807) is 0 Å². The Balaban J connectivity index is 3.85. The summed E-state index contributed by atoms with van der Waals surface area (Å²) < 4.78 is 0. The van der Waals surface area contributed by atoms with E-state index in [0.29, 0.717) is 11.6 Å². The summed E-state index contributed by atoms with van der Waals surface area (Å²) in [6.45, 7) is 11.9. The van der Waals surface area contributed by atoms with Crippen molar-refractivity contribution in [3.63, 3.8) is 0 Å². The molecule has 0 fully saturated rings. The Morgan fingerprint density at radius 2 is 1.56 bits per heavy atom. The highest BCUT2D eigenvalue weighted by molar-refractivity contribution is 6.87. The van der Waals surface area contributed by atoms with Crippen LogP contribution >= 0.6 is 0 Å². The van der Waals surface area contributed by atoms with Gasteiger partial charge in [0.2, 0.25) is 0 Å². The first kappa shape index (κ1) is 15.7. The van der Waals surface area contributed by atoms with E-state index in [9.17, 15) is 0 Å². The predicted octanol–water partition coefficient (Wildman–Crippen LogP) is 3.98. The smallest absolute Gasteiger partial charge is 0.137 e. The van der Waals surface area contributed by atoms with Gasteiger partial charge in [-0.05, 0) is 17.9 Å². The lowest BCUT2D eigenvalue weighted by molar-refractivity contribution is 0.282. The Morgan fingerprint density at radius 1 is 1.00 bits per heavy atom. The van der Waals surface area contributed by atoms with Crippen LogP contribution in [-0.4, -0.2) is 19.8 Å². The zero-order valence-corrected chi connectivity index (χ0v) is 12.7. The minimum absolute atomic E-state index is 0.329. The number of hydrogen-bond donors (Lipinski definition) is 1. The number of rotatable bonds is 5. The molecular formula is C14H28OSi. The van der Waals surface area contributed by atoms with Gasteiger partial charge in [0.15, 0.2) is 0 Å². The van der Waals surface area contributed by atoms with Crippen molar-refractivity contribution in [1.82, 2.24) is 0 Å². The maximum Gasteiger partial charge on any atom is 0.137 e. The standard InChI is InChI=1S/C14H28OSi/c1-14(2,3)16(4,5)13-11-9-7-6-8-10-12-15/h15H,6-10,12H2,1-5H3. The van der Waals surface area contributed by atoms with E-state index in [-0.39, 0.29) is 0 Å². The Labute approximate surface area is 103 Å². The normalized spacial score (nSPS) is 12.1. The van der Waals surface area contributed by atoms with Crippen LogP contribution in [0.5, 0.6) is 0 Å². The van der Waals surface area contributed by atoms with Gasteiger partial charge in [-0.1, -0.05) is 46.7 Å². The van der Waals surface area contributed by atoms with Crippen molar-refractivity contribution in [1.29, 1.82) is 0 Å². The van der Waals surface area contributed by atoms with Crippen molar-refractivity contribution in [2.75, 3.05) is 6.61 Å². The average molecular weight is 240 g/mol. The van der Waals surface area contributed by atoms with E-state index in [2.05, 4.69) is 45.3 Å². The third-order valence-electron chi connectivity index (χ3n) is 3.49. The SMILES string of the molecule is CC(C)(C)[Si](C)(C)C#CCCCCCCO. The monoisotopic (exact) mass is 240 g/mol. The van der Waals surface area contributed by atoms with Gasteiger partial charge in [-0.25, -0.2) is 0 Å². The summed E-state index contributed by atoms with van der Waals surface area (Å²) in [7, 11) is -1.38. The lowest BCUT2D eigenvalue weighted by atomic mass is 10.1. The molecule has 0 spiro atoms. The number of hydrogen-bond acceptors (Lipinski definition) is 1. The van der Waals surface area contributed by atoms with Crippen LogP contribution in [0.1, 0.15) is 52.9 Å². The fourth-order valence-corrected chi connectivity index (χ4v) is 2.09. The van der Waals surface area contributed by atoms with Crippen LogP contribution in [0.2, 0.25) is 18.1 Å². The van der Waals surface area contributed by atoms with Crippen molar-refractivity contribution in [2.45, 2.75) is 71.0 Å². The minimum atomic E-state index is -1.38. The van der Waals surface area contributed by atoms with Crippen molar-refractivity contribution < 1.29 is 5.11 Å². The minimum Gasteiger partial charge on any atom is -0.396 e. The average Bonchev–Trinajstić information content (AvgIpc) is 2.14. The molecule has 0 aromatic rings. The fourth-order valence-electron chi connectivity index (χ4n) is 1.15. The van der Waals surface area contributed by atoms with Crippen LogP contribution in [0.4, 0.5) is 0 Å². The van der Waals surface area contributed by atoms with E-state index in [1.165, 1.54) is 12.8 Å². The molecule has 0 amide bonds. The van der Waals surface area contributed by atoms with Crippen molar-refractivity contribution in [3.8, 4) is 11.5 Å². The molecule has 1 N–H and O–H groups in total. The van der Waals surface area contributed by atoms with E-state index < -0.39 is 8.07 Å². The first-order chi connectivity index (χ1) is 7.31. The molecule has 0 bridgehead atoms. The highest BCUT2D eigenvalue weighted by Crippen LogP contribution is 2.35. The fraction of sp³-hybridized carbons (Fsp3) is 0.857. The first-order valence-electron chi connectivity index (χ1n) is 6.42. The molecule has 0 aromatic carbocycles. The molecule has 0 saturated carbocycles. The molecule has 0 heterocycles. The largest absolute Gasteiger partial charge is 0.396 e. The summed E-state index contributed by atoms with van der Waals surface area (Å²) in [4.78, 5) is 0. The van der Waals surface area contributed by atoms with Gasteiger partial charge in [-0.2, -0.15) is 0 Å². The van der Waals surface area contributed by atoms with Crippen LogP contribution in [0.25, 0.3) is 0 Å². The molecule has 0 rings (SSSR count). The van der Waals surface area contributed by atoms with Crippen LogP contribution in [-0.2, 0) is 0 Å². The molecule has 0 aliphatic carbocycles. The second-order valence-electron chi connectivity index (χ2n) is 6.06. The van der Waals surface area contributed by atoms with Crippen LogP contribution in [0.15, 0.2) is 0 Å². The maximum absolute atomic E-state index is 8.64. The van der Waals surface area contributed by atoms with Crippen molar-refractivity contribution >= 4 is 8.07 Å². The molecule has 2 heteroatoms. The Hall–Kier alpha value is -0.263. The van der Waals surface area contributed by atoms with Gasteiger partial charge in [0, 0.05) is 13.0 Å². The molecule has 0 saturated heterocycles. The maximum atomic E-state index is 8.64. The summed E-state index contributed by atoms with van der Waals surface area (Å²) in [6, 6.07) is 0. The Kier molecular flexibility index (Phi) is 7.02. The van der Waals surface area contributed by atoms with Gasteiger partial charge >= 0.3 is 0 Å². The Bertz CT molecular complexity index is 240. The molecule has 1 nitrogen and oxygen atoms in total. The highest BCUT2D eigenvalue weighted by Gasteiger charge is 2.33. The highest BCUT2D eigenvalue weighted by atomic mass is 28.3. The lowest BCUT2D eigenvalue weighted by Crippen LogP contribution is -2.35. The molecule has 0 atom stereocenters. The van der Waals surface area contributed by atoms with Crippen LogP contribution in [0.3, 0.4) is 0 Å². The van der Waals surface area contributed by atoms with Gasteiger partial charge in [0.1, 0.15) is 8.07 Å². The number of aliphatic hydroxyl groups excluding tert-OH is 1. The summed E-state index contributed by atoms with van der Waals surface area (Å²) >= 11 is 0. The van der Waals surface area contributed by atoms with Crippen molar-refractivity contribution in [2.24, 2.45) is 0 Å². The summed E-state index contributed by atoms with van der Waals surface area (Å²) in [5.41, 5.74) is 3.53. The van der Waals surface area contributed by atoms with E-state index in [1.807, 2.05) is 0 Å². The second kappa shape index (κ2) is 7.14. The molecular weight excluding hydrogens is 212 g/mol. The van der Waals surface area contributed by atoms with E-state index in [4.69, 9.17) is 5.11 Å². The summed E-state index contributed by atoms with van der Waals surface area (Å²) in [5.74, 6) is 3.36. The second-order valence-corrected chi connectivity index (χ2v) is 11.1. The van der Waals surface area contributed by atoms with Gasteiger partial charge < -0.3 is 5.11 Å². The predicted molar refractivity (Wildman–Crippen MR) is 75.1 cm³/mol. The molecule has 0 unspecified atom stereocenters. The molecule has 0 aromatic heterocycles. The molecule has 94 valence electrons. The number of aliphatic hydroxyl groups is 1. The Morgan fingerprint density at radius 3 is 2.06 bits per heavy atom. The van der Waals surface area contributed by atoms with E-state index >= 15 is 0 Å². The lowest BCUT2D eigenvalue weighted by Gasteiger charge is -2.31. The van der Waals surface area contributed by atoms with Gasteiger partial charge in [-0.3, -0.25) is 0 Å². The van der Waals surface area contributed by atoms with Gasteiger partial charge in [0.25, 0.3) is 0 Å². The molecule has 0 aliphatic heterocycles. The zero-order chi connectivity index (χ0) is 12.7. The van der Waals surface area contributed by atoms with Crippen LogP contribution < -0.4 is 0 Å². The molecule has 16 heavy (non-hydrogen) atoms. The molecule has 0 radical (unpaired) electrons. The van der Waals surface area contributed by atoms with Crippen LogP contribution in [0, 0.1) is 11.5 Å².